The van der Waals surface area contributed by atoms with Crippen LogP contribution in [0.2, 0.25) is 0 Å². The summed E-state index contributed by atoms with van der Waals surface area (Å²) in [6.45, 7) is 4.61. The molecular formula is C14H20BrN3O3. The smallest absolute Gasteiger partial charge is 0.285 e. The molecule has 1 aromatic rings. The van der Waals surface area contributed by atoms with Crippen molar-refractivity contribution < 1.29 is 9.72 Å². The molecule has 1 amide bonds. The number of hydrogen-bond donors (Lipinski definition) is 2. The molecule has 0 fully saturated rings. The van der Waals surface area contributed by atoms with Crippen LogP contribution < -0.4 is 11.1 Å². The van der Waals surface area contributed by atoms with Crippen LogP contribution in [-0.2, 0) is 4.79 Å². The highest BCUT2D eigenvalue weighted by molar-refractivity contribution is 9.10. The molecule has 0 aromatic heterocycles. The largest absolute Gasteiger partial charge is 0.330 e. The molecule has 1 unspecified atom stereocenters. The van der Waals surface area contributed by atoms with Crippen molar-refractivity contribution in [1.29, 1.82) is 0 Å². The Balaban J connectivity index is 2.70. The van der Waals surface area contributed by atoms with Crippen molar-refractivity contribution in [2.24, 2.45) is 17.6 Å². The minimum Gasteiger partial charge on any atom is -0.330 e. The summed E-state index contributed by atoms with van der Waals surface area (Å²) in [6.07, 6.45) is 1.20. The van der Waals surface area contributed by atoms with Crippen molar-refractivity contribution >= 4 is 33.2 Å². The van der Waals surface area contributed by atoms with Crippen molar-refractivity contribution in [3.63, 3.8) is 0 Å². The molecule has 1 aromatic carbocycles. The second-order valence-corrected chi connectivity index (χ2v) is 6.26. The molecule has 7 heteroatoms. The number of nitro benzene ring substituents is 1. The Hall–Kier alpha value is -1.47. The van der Waals surface area contributed by atoms with Gasteiger partial charge in [-0.3, -0.25) is 14.9 Å². The quantitative estimate of drug-likeness (QED) is 0.577. The number of anilines is 1. The maximum Gasteiger partial charge on any atom is 0.285 e. The van der Waals surface area contributed by atoms with E-state index in [0.717, 1.165) is 6.42 Å². The van der Waals surface area contributed by atoms with Gasteiger partial charge in [0.2, 0.25) is 5.91 Å². The molecule has 0 saturated carbocycles. The summed E-state index contributed by atoms with van der Waals surface area (Å²) in [7, 11) is 0. The molecule has 1 rings (SSSR count). The fraction of sp³-hybridized carbons (Fsp3) is 0.500. The Morgan fingerprint density at radius 3 is 2.67 bits per heavy atom. The van der Waals surface area contributed by atoms with Crippen LogP contribution in [0.5, 0.6) is 0 Å². The number of nitrogens with zero attached hydrogens (tertiary/aromatic N) is 1. The normalized spacial score (nSPS) is 12.2. The number of carbonyl (C=O) groups is 1. The Labute approximate surface area is 132 Å². The summed E-state index contributed by atoms with van der Waals surface area (Å²) in [4.78, 5) is 22.3. The molecule has 3 N–H and O–H groups in total. The predicted octanol–water partition coefficient (Wildman–Crippen LogP) is 3.31. The van der Waals surface area contributed by atoms with Gasteiger partial charge < -0.3 is 11.1 Å². The first kappa shape index (κ1) is 17.6. The van der Waals surface area contributed by atoms with Crippen LogP contribution in [0, 0.1) is 22.0 Å². The zero-order valence-corrected chi connectivity index (χ0v) is 13.7. The van der Waals surface area contributed by atoms with Crippen LogP contribution in [0.4, 0.5) is 11.4 Å². The van der Waals surface area contributed by atoms with E-state index >= 15 is 0 Å². The molecule has 6 nitrogen and oxygen atoms in total. The standard InChI is InChI=1S/C14H20BrN3O3/c1-9(2)5-10(8-16)6-14(19)17-11-3-4-12(15)13(7-11)18(20)21/h3-4,7,9-10H,5-6,8,16H2,1-2H3,(H,17,19). The molecule has 0 aliphatic heterocycles. The molecule has 0 spiro atoms. The van der Waals surface area contributed by atoms with E-state index in [1.807, 2.05) is 0 Å². The summed E-state index contributed by atoms with van der Waals surface area (Å²) in [5.74, 6) is 0.415. The van der Waals surface area contributed by atoms with Crippen molar-refractivity contribution in [2.75, 3.05) is 11.9 Å². The summed E-state index contributed by atoms with van der Waals surface area (Å²) < 4.78 is 0.380. The van der Waals surface area contributed by atoms with Crippen LogP contribution in [0.1, 0.15) is 26.7 Å². The van der Waals surface area contributed by atoms with E-state index in [2.05, 4.69) is 35.1 Å². The number of nitrogens with two attached hydrogens (primary N) is 1. The topological polar surface area (TPSA) is 98.3 Å². The summed E-state index contributed by atoms with van der Waals surface area (Å²) in [5.41, 5.74) is 6.00. The Kier molecular flexibility index (Phi) is 6.77. The minimum atomic E-state index is -0.499. The Morgan fingerprint density at radius 2 is 2.14 bits per heavy atom. The van der Waals surface area contributed by atoms with Gasteiger partial charge in [-0.2, -0.15) is 0 Å². The first-order valence-electron chi connectivity index (χ1n) is 6.77. The third-order valence-electron chi connectivity index (χ3n) is 3.04. The highest BCUT2D eigenvalue weighted by Crippen LogP contribution is 2.28. The van der Waals surface area contributed by atoms with Gasteiger partial charge in [-0.05, 0) is 52.9 Å². The molecule has 1 atom stereocenters. The minimum absolute atomic E-state index is 0.0784. The average molecular weight is 358 g/mol. The maximum atomic E-state index is 12.0. The lowest BCUT2D eigenvalue weighted by Crippen LogP contribution is -2.23. The number of rotatable bonds is 7. The molecule has 116 valence electrons. The lowest BCUT2D eigenvalue weighted by molar-refractivity contribution is -0.385. The SMILES string of the molecule is CC(C)CC(CN)CC(=O)Nc1ccc(Br)c([N+](=O)[O-])c1. The number of nitro groups is 1. The van der Waals surface area contributed by atoms with Gasteiger partial charge in [0, 0.05) is 18.2 Å². The van der Waals surface area contributed by atoms with E-state index in [4.69, 9.17) is 5.73 Å². The van der Waals surface area contributed by atoms with Gasteiger partial charge in [0.15, 0.2) is 0 Å². The molecule has 0 saturated heterocycles. The maximum absolute atomic E-state index is 12.0. The van der Waals surface area contributed by atoms with Gasteiger partial charge in [-0.1, -0.05) is 13.8 Å². The van der Waals surface area contributed by atoms with Gasteiger partial charge in [-0.25, -0.2) is 0 Å². The number of nitrogens with one attached hydrogen (secondary N) is 1. The number of benzene rings is 1. The van der Waals surface area contributed by atoms with Crippen molar-refractivity contribution in [3.8, 4) is 0 Å². The van der Waals surface area contributed by atoms with Crippen LogP contribution in [-0.4, -0.2) is 17.4 Å². The summed E-state index contributed by atoms with van der Waals surface area (Å²) >= 11 is 3.10. The van der Waals surface area contributed by atoms with Crippen LogP contribution >= 0.6 is 15.9 Å². The molecule has 0 radical (unpaired) electrons. The first-order chi connectivity index (χ1) is 9.83. The molecular weight excluding hydrogens is 338 g/mol. The number of amides is 1. The van der Waals surface area contributed by atoms with Crippen molar-refractivity contribution in [3.05, 3.63) is 32.8 Å². The second kappa shape index (κ2) is 8.09. The van der Waals surface area contributed by atoms with Gasteiger partial charge in [0.05, 0.1) is 9.40 Å². The van der Waals surface area contributed by atoms with Crippen molar-refractivity contribution in [1.82, 2.24) is 0 Å². The monoisotopic (exact) mass is 357 g/mol. The highest BCUT2D eigenvalue weighted by Gasteiger charge is 2.16. The lowest BCUT2D eigenvalue weighted by Gasteiger charge is -2.16. The van der Waals surface area contributed by atoms with E-state index in [-0.39, 0.29) is 17.5 Å². The fourth-order valence-electron chi connectivity index (χ4n) is 2.13. The first-order valence-corrected chi connectivity index (χ1v) is 7.56. The fourth-order valence-corrected chi connectivity index (χ4v) is 2.53. The number of halogens is 1. The molecule has 0 bridgehead atoms. The van der Waals surface area contributed by atoms with Crippen LogP contribution in [0.3, 0.4) is 0 Å². The van der Waals surface area contributed by atoms with E-state index in [9.17, 15) is 14.9 Å². The molecule has 0 aliphatic rings. The highest BCUT2D eigenvalue weighted by atomic mass is 79.9. The van der Waals surface area contributed by atoms with E-state index in [0.29, 0.717) is 29.0 Å². The Bertz CT molecular complexity index is 520. The van der Waals surface area contributed by atoms with Crippen molar-refractivity contribution in [2.45, 2.75) is 26.7 Å². The average Bonchev–Trinajstić information content (AvgIpc) is 2.39. The zero-order chi connectivity index (χ0) is 16.0. The Morgan fingerprint density at radius 1 is 1.48 bits per heavy atom. The second-order valence-electron chi connectivity index (χ2n) is 5.41. The van der Waals surface area contributed by atoms with Crippen LogP contribution in [0.25, 0.3) is 0 Å². The van der Waals surface area contributed by atoms with E-state index in [1.165, 1.54) is 6.07 Å². The van der Waals surface area contributed by atoms with E-state index in [1.54, 1.807) is 12.1 Å². The lowest BCUT2D eigenvalue weighted by atomic mass is 9.94. The van der Waals surface area contributed by atoms with Gasteiger partial charge in [0.25, 0.3) is 5.69 Å². The third-order valence-corrected chi connectivity index (χ3v) is 3.71. The number of carbonyl (C=O) groups excluding carboxylic acids is 1. The van der Waals surface area contributed by atoms with Crippen LogP contribution in [0.15, 0.2) is 22.7 Å². The molecule has 21 heavy (non-hydrogen) atoms. The van der Waals surface area contributed by atoms with Gasteiger partial charge in [-0.15, -0.1) is 0 Å². The van der Waals surface area contributed by atoms with Gasteiger partial charge >= 0.3 is 0 Å². The van der Waals surface area contributed by atoms with Gasteiger partial charge in [0.1, 0.15) is 0 Å². The summed E-state index contributed by atoms with van der Waals surface area (Å²) in [5, 5.41) is 13.5. The van der Waals surface area contributed by atoms with E-state index < -0.39 is 4.92 Å². The third kappa shape index (κ3) is 5.81. The summed E-state index contributed by atoms with van der Waals surface area (Å²) in [6, 6.07) is 4.50. The molecule has 0 heterocycles. The molecule has 0 aliphatic carbocycles. The predicted molar refractivity (Wildman–Crippen MR) is 86.0 cm³/mol. The number of hydrogen-bond acceptors (Lipinski definition) is 4. The zero-order valence-electron chi connectivity index (χ0n) is 12.1.